The Kier molecular flexibility index (Phi) is 4.67. The van der Waals surface area contributed by atoms with Crippen molar-refractivity contribution in [2.24, 2.45) is 11.8 Å². The molecule has 3 heterocycles. The van der Waals surface area contributed by atoms with Gasteiger partial charge in [-0.2, -0.15) is 0 Å². The lowest BCUT2D eigenvalue weighted by Crippen LogP contribution is -2.47. The zero-order chi connectivity index (χ0) is 16.7. The third-order valence-electron chi connectivity index (χ3n) is 5.54. The Morgan fingerprint density at radius 1 is 1.22 bits per heavy atom. The van der Waals surface area contributed by atoms with Gasteiger partial charge in [0.2, 0.25) is 5.67 Å². The van der Waals surface area contributed by atoms with Gasteiger partial charge < -0.3 is 9.64 Å². The Morgan fingerprint density at radius 3 is 2.52 bits per heavy atom. The molecule has 0 aliphatic carbocycles. The molecule has 2 atom stereocenters. The quantitative estimate of drug-likeness (QED) is 0.773. The van der Waals surface area contributed by atoms with E-state index in [-0.39, 0.29) is 19.6 Å². The van der Waals surface area contributed by atoms with Crippen LogP contribution in [-0.2, 0) is 9.53 Å². The molecule has 3 aliphatic rings. The highest BCUT2D eigenvalue weighted by molar-refractivity contribution is 5.90. The first-order valence-corrected chi connectivity index (χ1v) is 8.81. The van der Waals surface area contributed by atoms with Crippen molar-refractivity contribution in [1.82, 2.24) is 9.80 Å². The average molecular weight is 330 g/mol. The Labute approximate surface area is 137 Å². The highest BCUT2D eigenvalue weighted by Gasteiger charge is 2.70. The highest BCUT2D eigenvalue weighted by Crippen LogP contribution is 2.46. The van der Waals surface area contributed by atoms with Crippen LogP contribution in [-0.4, -0.2) is 73.0 Å². The number of nitrogens with zero attached hydrogens (tertiary/aromatic N) is 2. The van der Waals surface area contributed by atoms with E-state index in [2.05, 4.69) is 13.8 Å². The molecule has 0 spiro atoms. The molecule has 0 aromatic heterocycles. The fourth-order valence-corrected chi connectivity index (χ4v) is 4.03. The lowest BCUT2D eigenvalue weighted by molar-refractivity contribution is -0.140. The van der Waals surface area contributed by atoms with Crippen molar-refractivity contribution < 1.29 is 18.3 Å². The van der Waals surface area contributed by atoms with Crippen LogP contribution in [0.2, 0.25) is 0 Å². The maximum atomic E-state index is 15.2. The predicted molar refractivity (Wildman–Crippen MR) is 83.7 cm³/mol. The van der Waals surface area contributed by atoms with Crippen molar-refractivity contribution in [3.63, 3.8) is 0 Å². The van der Waals surface area contributed by atoms with Gasteiger partial charge in [-0.25, -0.2) is 8.78 Å². The third kappa shape index (κ3) is 3.12. The molecule has 0 radical (unpaired) electrons. The van der Waals surface area contributed by atoms with E-state index in [1.165, 1.54) is 4.90 Å². The molecule has 0 aromatic carbocycles. The molecule has 0 unspecified atom stereocenters. The molecule has 3 saturated heterocycles. The van der Waals surface area contributed by atoms with E-state index in [9.17, 15) is 4.79 Å². The van der Waals surface area contributed by atoms with Gasteiger partial charge in [-0.15, -0.1) is 0 Å². The van der Waals surface area contributed by atoms with Crippen LogP contribution in [0.3, 0.4) is 0 Å². The summed E-state index contributed by atoms with van der Waals surface area (Å²) < 4.78 is 35.7. The van der Waals surface area contributed by atoms with Crippen molar-refractivity contribution in [2.45, 2.75) is 44.4 Å². The minimum atomic E-state index is -2.35. The van der Waals surface area contributed by atoms with E-state index in [1.807, 2.05) is 0 Å². The summed E-state index contributed by atoms with van der Waals surface area (Å²) in [7, 11) is 0. The number of alkyl halides is 2. The number of likely N-dealkylation sites (tertiary alicyclic amines) is 2. The fraction of sp³-hybridized carbons (Fsp3) is 0.941. The summed E-state index contributed by atoms with van der Waals surface area (Å²) in [5.41, 5.74) is -4.40. The molecular weight excluding hydrogens is 302 g/mol. The van der Waals surface area contributed by atoms with E-state index in [4.69, 9.17) is 4.74 Å². The van der Waals surface area contributed by atoms with Crippen molar-refractivity contribution in [1.29, 1.82) is 0 Å². The van der Waals surface area contributed by atoms with Gasteiger partial charge in [0.15, 0.2) is 5.67 Å². The van der Waals surface area contributed by atoms with Crippen LogP contribution in [0.1, 0.15) is 33.1 Å². The molecule has 3 fully saturated rings. The first-order valence-electron chi connectivity index (χ1n) is 8.81. The van der Waals surface area contributed by atoms with Crippen molar-refractivity contribution in [3.05, 3.63) is 0 Å². The molecular formula is C17H28F2N2O2. The topological polar surface area (TPSA) is 32.8 Å². The van der Waals surface area contributed by atoms with Crippen LogP contribution in [0.25, 0.3) is 0 Å². The standard InChI is InChI=1S/C17H28F2N2O2/c1-13(2)3-6-20-10-16(18)11-21(15(22)17(16,19)12-20)9-14-4-7-23-8-5-14/h13-14H,3-12H2,1-2H3/t16-,17+/m0/s1. The Bertz CT molecular complexity index is 456. The van der Waals surface area contributed by atoms with Crippen LogP contribution in [0, 0.1) is 11.8 Å². The second-order valence-corrected chi connectivity index (χ2v) is 7.90. The second-order valence-electron chi connectivity index (χ2n) is 7.90. The normalized spacial score (nSPS) is 36.2. The maximum absolute atomic E-state index is 15.2. The number of ether oxygens (including phenoxy) is 1. The highest BCUT2D eigenvalue weighted by atomic mass is 19.2. The van der Waals surface area contributed by atoms with Crippen LogP contribution < -0.4 is 0 Å². The molecule has 1 amide bonds. The van der Waals surface area contributed by atoms with Gasteiger partial charge in [-0.3, -0.25) is 9.69 Å². The number of carbonyl (C=O) groups is 1. The molecule has 0 N–H and O–H groups in total. The van der Waals surface area contributed by atoms with Gasteiger partial charge in [0.05, 0.1) is 6.54 Å². The lowest BCUT2D eigenvalue weighted by Gasteiger charge is -2.28. The first kappa shape index (κ1) is 17.1. The van der Waals surface area contributed by atoms with E-state index >= 15 is 8.78 Å². The second kappa shape index (κ2) is 6.28. The Morgan fingerprint density at radius 2 is 1.91 bits per heavy atom. The molecule has 4 nitrogen and oxygen atoms in total. The Hall–Kier alpha value is -0.750. The van der Waals surface area contributed by atoms with Gasteiger partial charge in [0, 0.05) is 32.8 Å². The third-order valence-corrected chi connectivity index (χ3v) is 5.54. The van der Waals surface area contributed by atoms with Crippen LogP contribution in [0.4, 0.5) is 8.78 Å². The van der Waals surface area contributed by atoms with Gasteiger partial charge in [0.1, 0.15) is 0 Å². The summed E-state index contributed by atoms with van der Waals surface area (Å²) in [6.07, 6.45) is 2.62. The van der Waals surface area contributed by atoms with Gasteiger partial charge in [0.25, 0.3) is 5.91 Å². The molecule has 132 valence electrons. The zero-order valence-corrected chi connectivity index (χ0v) is 14.2. The number of hydrogen-bond acceptors (Lipinski definition) is 3. The van der Waals surface area contributed by atoms with Crippen LogP contribution in [0.5, 0.6) is 0 Å². The number of rotatable bonds is 5. The van der Waals surface area contributed by atoms with Gasteiger partial charge >= 0.3 is 0 Å². The summed E-state index contributed by atoms with van der Waals surface area (Å²) in [5.74, 6) is 0.150. The zero-order valence-electron chi connectivity index (χ0n) is 14.2. The summed E-state index contributed by atoms with van der Waals surface area (Å²) in [4.78, 5) is 15.7. The van der Waals surface area contributed by atoms with E-state index < -0.39 is 17.2 Å². The van der Waals surface area contributed by atoms with Crippen LogP contribution in [0.15, 0.2) is 0 Å². The van der Waals surface area contributed by atoms with Gasteiger partial charge in [-0.05, 0) is 37.6 Å². The molecule has 0 bridgehead atoms. The molecule has 3 rings (SSSR count). The van der Waals surface area contributed by atoms with Crippen molar-refractivity contribution in [2.75, 3.05) is 45.9 Å². The summed E-state index contributed by atoms with van der Waals surface area (Å²) in [6.45, 7) is 6.49. The molecule has 3 aliphatic heterocycles. The van der Waals surface area contributed by atoms with Crippen LogP contribution >= 0.6 is 0 Å². The van der Waals surface area contributed by atoms with Gasteiger partial charge in [-0.1, -0.05) is 13.8 Å². The molecule has 0 aromatic rings. The summed E-state index contributed by atoms with van der Waals surface area (Å²) in [6, 6.07) is 0. The van der Waals surface area contributed by atoms with Crippen molar-refractivity contribution >= 4 is 5.91 Å². The SMILES string of the molecule is CC(C)CCN1C[C@]2(F)CN(CC3CCOCC3)C(=O)[C@]2(F)C1. The maximum Gasteiger partial charge on any atom is 0.265 e. The number of carbonyl (C=O) groups excluding carboxylic acids is 1. The molecule has 23 heavy (non-hydrogen) atoms. The minimum absolute atomic E-state index is 0.0340. The number of halogens is 2. The average Bonchev–Trinajstić information content (AvgIpc) is 2.85. The Balaban J connectivity index is 1.63. The monoisotopic (exact) mass is 330 g/mol. The van der Waals surface area contributed by atoms with E-state index in [0.29, 0.717) is 38.1 Å². The molecule has 6 heteroatoms. The number of fused-ring (bicyclic) bond motifs is 1. The van der Waals surface area contributed by atoms with E-state index in [0.717, 1.165) is 19.3 Å². The number of hydrogen-bond donors (Lipinski definition) is 0. The first-order chi connectivity index (χ1) is 10.8. The summed E-state index contributed by atoms with van der Waals surface area (Å²) >= 11 is 0. The lowest BCUT2D eigenvalue weighted by atomic mass is 9.93. The van der Waals surface area contributed by atoms with E-state index in [1.54, 1.807) is 4.90 Å². The largest absolute Gasteiger partial charge is 0.381 e. The number of amides is 1. The smallest absolute Gasteiger partial charge is 0.265 e. The minimum Gasteiger partial charge on any atom is -0.381 e. The fourth-order valence-electron chi connectivity index (χ4n) is 4.03. The summed E-state index contributed by atoms with van der Waals surface area (Å²) in [5, 5.41) is 0. The molecule has 0 saturated carbocycles. The van der Waals surface area contributed by atoms with Crippen molar-refractivity contribution in [3.8, 4) is 0 Å². The predicted octanol–water partition coefficient (Wildman–Crippen LogP) is 2.03.